The molecule has 55 heavy (non-hydrogen) atoms. The van der Waals surface area contributed by atoms with E-state index in [4.69, 9.17) is 19.9 Å². The van der Waals surface area contributed by atoms with Gasteiger partial charge in [0.25, 0.3) is 0 Å². The van der Waals surface area contributed by atoms with Gasteiger partial charge in [0, 0.05) is 58.2 Å². The lowest BCUT2D eigenvalue weighted by molar-refractivity contribution is 0.911. The Kier molecular flexibility index (Phi) is 9.04. The van der Waals surface area contributed by atoms with Crippen LogP contribution in [0.3, 0.4) is 0 Å². The van der Waals surface area contributed by atoms with Crippen LogP contribution in [0.25, 0.3) is 78.7 Å². The van der Waals surface area contributed by atoms with Crippen molar-refractivity contribution in [3.8, 4) is 78.7 Å². The topological polar surface area (TPSA) is 64.5 Å². The van der Waals surface area contributed by atoms with Crippen LogP contribution in [0.15, 0.2) is 158 Å². The molecule has 1 aliphatic carbocycles. The zero-order valence-electron chi connectivity index (χ0n) is 31.4. The molecule has 6 heteroatoms. The first-order chi connectivity index (χ1) is 26.9. The first-order valence-electron chi connectivity index (χ1n) is 19.0. The summed E-state index contributed by atoms with van der Waals surface area (Å²) in [5, 5.41) is 1.46. The standard InChI is InChI=1S/C49H41N5Si/c1-55(2,3)42-22-20-33(21-23-42)36-16-10-17-37(26-36)38-27-39(30-50-29-38)40-28-41(32-51-31-40)48-52-47(35-14-8-5-9-15-35)53-49(54-48)46-25-24-43(34-12-6-4-7-13-34)44-18-11-19-45(44)46/h4-10,12-17,20-32H,11,18-19H2,1-3H3. The van der Waals surface area contributed by atoms with Crippen LogP contribution in [0.2, 0.25) is 19.6 Å². The van der Waals surface area contributed by atoms with Gasteiger partial charge in [-0.25, -0.2) is 15.0 Å². The van der Waals surface area contributed by atoms with Gasteiger partial charge in [-0.15, -0.1) is 0 Å². The summed E-state index contributed by atoms with van der Waals surface area (Å²) in [6.45, 7) is 7.15. The van der Waals surface area contributed by atoms with Crippen LogP contribution < -0.4 is 5.19 Å². The maximum absolute atomic E-state index is 5.16. The van der Waals surface area contributed by atoms with E-state index in [0.717, 1.165) is 58.2 Å². The largest absolute Gasteiger partial charge is 0.263 e. The van der Waals surface area contributed by atoms with Crippen LogP contribution >= 0.6 is 0 Å². The van der Waals surface area contributed by atoms with Crippen molar-refractivity contribution in [2.45, 2.75) is 38.9 Å². The van der Waals surface area contributed by atoms with E-state index in [9.17, 15) is 0 Å². The summed E-state index contributed by atoms with van der Waals surface area (Å²) in [6, 6.07) is 47.4. The summed E-state index contributed by atoms with van der Waals surface area (Å²) in [7, 11) is -1.36. The fourth-order valence-electron chi connectivity index (χ4n) is 7.66. The highest BCUT2D eigenvalue weighted by atomic mass is 28.3. The maximum Gasteiger partial charge on any atom is 0.165 e. The summed E-state index contributed by atoms with van der Waals surface area (Å²) in [5.41, 5.74) is 14.6. The Morgan fingerprint density at radius 1 is 0.382 bits per heavy atom. The van der Waals surface area contributed by atoms with E-state index in [1.807, 2.05) is 43.0 Å². The number of hydrogen-bond donors (Lipinski definition) is 0. The first kappa shape index (κ1) is 34.4. The minimum atomic E-state index is -1.36. The molecule has 9 rings (SSSR count). The van der Waals surface area contributed by atoms with Gasteiger partial charge in [0.1, 0.15) is 0 Å². The van der Waals surface area contributed by atoms with Crippen LogP contribution in [0.1, 0.15) is 17.5 Å². The summed E-state index contributed by atoms with van der Waals surface area (Å²) >= 11 is 0. The highest BCUT2D eigenvalue weighted by Crippen LogP contribution is 2.39. The Morgan fingerprint density at radius 2 is 0.855 bits per heavy atom. The third kappa shape index (κ3) is 7.05. The van der Waals surface area contributed by atoms with Crippen LogP contribution in [0, 0.1) is 0 Å². The molecule has 0 spiro atoms. The number of rotatable bonds is 8. The predicted molar refractivity (Wildman–Crippen MR) is 228 cm³/mol. The van der Waals surface area contributed by atoms with Crippen molar-refractivity contribution >= 4 is 13.3 Å². The molecular formula is C49H41N5Si. The average Bonchev–Trinajstić information content (AvgIpc) is 3.74. The molecular weight excluding hydrogens is 687 g/mol. The SMILES string of the molecule is C[Si](C)(C)c1ccc(-c2cccc(-c3cncc(-c4cncc(-c5nc(-c6ccccc6)nc(-c6ccc(-c7ccccc7)c7c6CCC7)n5)c4)c3)c2)cc1. The van der Waals surface area contributed by atoms with Gasteiger partial charge >= 0.3 is 0 Å². The molecule has 0 bridgehead atoms. The third-order valence-corrected chi connectivity index (χ3v) is 12.7. The molecule has 5 aromatic carbocycles. The van der Waals surface area contributed by atoms with E-state index in [-0.39, 0.29) is 0 Å². The minimum absolute atomic E-state index is 0.592. The normalized spacial score (nSPS) is 12.4. The summed E-state index contributed by atoms with van der Waals surface area (Å²) in [4.78, 5) is 24.7. The van der Waals surface area contributed by atoms with Crippen molar-refractivity contribution in [2.24, 2.45) is 0 Å². The van der Waals surface area contributed by atoms with E-state index in [1.165, 1.54) is 38.6 Å². The number of fused-ring (bicyclic) bond motifs is 1. The van der Waals surface area contributed by atoms with Crippen molar-refractivity contribution in [1.29, 1.82) is 0 Å². The van der Waals surface area contributed by atoms with Gasteiger partial charge < -0.3 is 0 Å². The maximum atomic E-state index is 5.16. The third-order valence-electron chi connectivity index (χ3n) is 10.6. The second-order valence-corrected chi connectivity index (χ2v) is 20.4. The van der Waals surface area contributed by atoms with Crippen LogP contribution in [-0.4, -0.2) is 33.0 Å². The van der Waals surface area contributed by atoms with Crippen LogP contribution in [0.5, 0.6) is 0 Å². The van der Waals surface area contributed by atoms with Crippen LogP contribution in [0.4, 0.5) is 0 Å². The van der Waals surface area contributed by atoms with E-state index in [1.54, 1.807) is 0 Å². The number of nitrogens with zero attached hydrogens (tertiary/aromatic N) is 5. The molecule has 0 amide bonds. The highest BCUT2D eigenvalue weighted by molar-refractivity contribution is 6.88. The predicted octanol–water partition coefficient (Wildman–Crippen LogP) is 11.4. The smallest absolute Gasteiger partial charge is 0.165 e. The molecule has 0 atom stereocenters. The van der Waals surface area contributed by atoms with E-state index in [2.05, 4.69) is 140 Å². The molecule has 0 N–H and O–H groups in total. The van der Waals surface area contributed by atoms with Gasteiger partial charge in [-0.05, 0) is 76.4 Å². The van der Waals surface area contributed by atoms with E-state index < -0.39 is 8.07 Å². The van der Waals surface area contributed by atoms with Crippen molar-refractivity contribution in [1.82, 2.24) is 24.9 Å². The van der Waals surface area contributed by atoms with Crippen molar-refractivity contribution in [3.63, 3.8) is 0 Å². The molecule has 8 aromatic rings. The molecule has 0 saturated carbocycles. The fraction of sp³-hybridized carbons (Fsp3) is 0.122. The number of benzene rings is 5. The summed E-state index contributed by atoms with van der Waals surface area (Å²) < 4.78 is 0. The Labute approximate surface area is 323 Å². The average molecular weight is 728 g/mol. The molecule has 3 heterocycles. The molecule has 266 valence electrons. The Morgan fingerprint density at radius 3 is 1.51 bits per heavy atom. The lowest BCUT2D eigenvalue weighted by Gasteiger charge is -2.17. The fourth-order valence-corrected chi connectivity index (χ4v) is 8.83. The monoisotopic (exact) mass is 727 g/mol. The molecule has 1 aliphatic rings. The van der Waals surface area contributed by atoms with Crippen molar-refractivity contribution in [2.75, 3.05) is 0 Å². The zero-order chi connectivity index (χ0) is 37.4. The van der Waals surface area contributed by atoms with Gasteiger partial charge in [0.2, 0.25) is 0 Å². The highest BCUT2D eigenvalue weighted by Gasteiger charge is 2.23. The van der Waals surface area contributed by atoms with Crippen molar-refractivity contribution in [3.05, 3.63) is 169 Å². The van der Waals surface area contributed by atoms with Gasteiger partial charge in [0.15, 0.2) is 17.5 Å². The number of hydrogen-bond acceptors (Lipinski definition) is 5. The Hall–Kier alpha value is -6.37. The van der Waals surface area contributed by atoms with Gasteiger partial charge in [-0.1, -0.05) is 140 Å². The van der Waals surface area contributed by atoms with E-state index in [0.29, 0.717) is 17.5 Å². The lowest BCUT2D eigenvalue weighted by atomic mass is 9.93. The second-order valence-electron chi connectivity index (χ2n) is 15.3. The molecule has 0 fully saturated rings. The molecule has 0 aliphatic heterocycles. The van der Waals surface area contributed by atoms with Crippen molar-refractivity contribution < 1.29 is 0 Å². The summed E-state index contributed by atoms with van der Waals surface area (Å²) in [5.74, 6) is 1.92. The minimum Gasteiger partial charge on any atom is -0.263 e. The lowest BCUT2D eigenvalue weighted by Crippen LogP contribution is -2.37. The Balaban J connectivity index is 1.08. The molecule has 0 radical (unpaired) electrons. The second kappa shape index (κ2) is 14.5. The van der Waals surface area contributed by atoms with Crippen LogP contribution in [-0.2, 0) is 12.8 Å². The molecule has 5 nitrogen and oxygen atoms in total. The molecule has 0 unspecified atom stereocenters. The molecule has 0 saturated heterocycles. The first-order valence-corrected chi connectivity index (χ1v) is 22.5. The van der Waals surface area contributed by atoms with Gasteiger partial charge in [0.05, 0.1) is 8.07 Å². The Bertz CT molecular complexity index is 2650. The van der Waals surface area contributed by atoms with E-state index >= 15 is 0 Å². The van der Waals surface area contributed by atoms with Gasteiger partial charge in [-0.2, -0.15) is 0 Å². The zero-order valence-corrected chi connectivity index (χ0v) is 32.4. The quantitative estimate of drug-likeness (QED) is 0.146. The number of pyridine rings is 2. The van der Waals surface area contributed by atoms with Gasteiger partial charge in [-0.3, -0.25) is 9.97 Å². The summed E-state index contributed by atoms with van der Waals surface area (Å²) in [6.07, 6.45) is 10.7. The number of aromatic nitrogens is 5. The molecule has 3 aromatic heterocycles.